The molecule has 138 valence electrons. The monoisotopic (exact) mass is 365 g/mol. The highest BCUT2D eigenvalue weighted by Crippen LogP contribution is 2.37. The van der Waals surface area contributed by atoms with Crippen LogP contribution in [0.15, 0.2) is 59.3 Å². The second kappa shape index (κ2) is 7.03. The average molecular weight is 365 g/mol. The minimum absolute atomic E-state index is 0.103. The molecule has 0 radical (unpaired) electrons. The number of nitrogens with one attached hydrogen (secondary N) is 1. The van der Waals surface area contributed by atoms with Gasteiger partial charge >= 0.3 is 0 Å². The van der Waals surface area contributed by atoms with Crippen LogP contribution >= 0.6 is 0 Å². The lowest BCUT2D eigenvalue weighted by atomic mass is 10.2. The van der Waals surface area contributed by atoms with E-state index < -0.39 is 6.17 Å². The number of anilines is 1. The largest absolute Gasteiger partial charge is 0.497 e. The average Bonchev–Trinajstić information content (AvgIpc) is 3.31. The first-order valence-corrected chi connectivity index (χ1v) is 8.48. The van der Waals surface area contributed by atoms with Crippen LogP contribution < -0.4 is 14.8 Å². The van der Waals surface area contributed by atoms with Crippen molar-refractivity contribution in [2.75, 3.05) is 19.5 Å². The number of furan rings is 1. The van der Waals surface area contributed by atoms with Crippen molar-refractivity contribution in [3.05, 3.63) is 71.9 Å². The standard InChI is InChI=1S/C20H19N3O4/c1-25-13-7-8-17(26-2)16(11-13)22-19-18-15(6-3-9-21-18)20(24)23(19)12-14-5-4-10-27-14/h3-11,19,22H,12H2,1-2H3/t19-/m0/s1. The van der Waals surface area contributed by atoms with E-state index in [1.807, 2.05) is 24.3 Å². The Balaban J connectivity index is 1.72. The highest BCUT2D eigenvalue weighted by Gasteiger charge is 2.38. The van der Waals surface area contributed by atoms with Crippen molar-refractivity contribution in [1.29, 1.82) is 0 Å². The molecule has 4 rings (SSSR count). The molecular formula is C20H19N3O4. The Labute approximate surface area is 156 Å². The van der Waals surface area contributed by atoms with Crippen molar-refractivity contribution in [3.8, 4) is 11.5 Å². The predicted octanol–water partition coefficient (Wildman–Crippen LogP) is 3.46. The Morgan fingerprint density at radius 1 is 1.19 bits per heavy atom. The molecule has 0 bridgehead atoms. The van der Waals surface area contributed by atoms with Crippen LogP contribution in [0.2, 0.25) is 0 Å². The number of pyridine rings is 1. The van der Waals surface area contributed by atoms with Crippen LogP contribution in [0.3, 0.4) is 0 Å². The summed E-state index contributed by atoms with van der Waals surface area (Å²) in [5.41, 5.74) is 1.94. The molecule has 7 nitrogen and oxygen atoms in total. The third-order valence-corrected chi connectivity index (χ3v) is 4.51. The van der Waals surface area contributed by atoms with E-state index in [2.05, 4.69) is 10.3 Å². The molecule has 3 aromatic rings. The van der Waals surface area contributed by atoms with Gasteiger partial charge in [-0.05, 0) is 36.4 Å². The molecule has 3 heterocycles. The fraction of sp³-hybridized carbons (Fsp3) is 0.200. The van der Waals surface area contributed by atoms with Crippen molar-refractivity contribution < 1.29 is 18.7 Å². The highest BCUT2D eigenvalue weighted by molar-refractivity contribution is 5.99. The van der Waals surface area contributed by atoms with Gasteiger partial charge in [0.2, 0.25) is 0 Å². The third kappa shape index (κ3) is 3.08. The van der Waals surface area contributed by atoms with Crippen LogP contribution in [0.5, 0.6) is 11.5 Å². The van der Waals surface area contributed by atoms with Gasteiger partial charge in [0, 0.05) is 12.3 Å². The summed E-state index contributed by atoms with van der Waals surface area (Å²) in [5.74, 6) is 1.92. The summed E-state index contributed by atoms with van der Waals surface area (Å²) in [6, 6.07) is 12.6. The normalized spacial score (nSPS) is 15.6. The number of carbonyl (C=O) groups is 1. The fourth-order valence-corrected chi connectivity index (χ4v) is 3.19. The van der Waals surface area contributed by atoms with Gasteiger partial charge in [0.1, 0.15) is 23.4 Å². The lowest BCUT2D eigenvalue weighted by molar-refractivity contribution is 0.0714. The molecule has 0 spiro atoms. The van der Waals surface area contributed by atoms with E-state index in [9.17, 15) is 4.79 Å². The maximum absolute atomic E-state index is 12.9. The second-order valence-corrected chi connectivity index (χ2v) is 6.06. The molecule has 27 heavy (non-hydrogen) atoms. The summed E-state index contributed by atoms with van der Waals surface area (Å²) in [7, 11) is 3.20. The topological polar surface area (TPSA) is 76.8 Å². The van der Waals surface area contributed by atoms with Crippen molar-refractivity contribution in [2.45, 2.75) is 12.7 Å². The van der Waals surface area contributed by atoms with Gasteiger partial charge in [0.05, 0.1) is 44.0 Å². The lowest BCUT2D eigenvalue weighted by Gasteiger charge is -2.26. The molecule has 0 aliphatic carbocycles. The number of nitrogens with zero attached hydrogens (tertiary/aromatic N) is 2. The summed E-state index contributed by atoms with van der Waals surface area (Å²) >= 11 is 0. The van der Waals surface area contributed by atoms with Gasteiger partial charge in [0.15, 0.2) is 0 Å². The molecule has 0 saturated heterocycles. The van der Waals surface area contributed by atoms with Crippen LogP contribution in [0.4, 0.5) is 5.69 Å². The van der Waals surface area contributed by atoms with Gasteiger partial charge in [-0.15, -0.1) is 0 Å². The zero-order chi connectivity index (χ0) is 18.8. The summed E-state index contributed by atoms with van der Waals surface area (Å²) in [6.07, 6.45) is 2.81. The number of amides is 1. The van der Waals surface area contributed by atoms with Crippen molar-refractivity contribution in [2.24, 2.45) is 0 Å². The summed E-state index contributed by atoms with van der Waals surface area (Å²) in [6.45, 7) is 0.326. The number of fused-ring (bicyclic) bond motifs is 1. The number of aromatic nitrogens is 1. The molecule has 0 fully saturated rings. The fourth-order valence-electron chi connectivity index (χ4n) is 3.19. The van der Waals surface area contributed by atoms with E-state index in [0.717, 1.165) is 0 Å². The SMILES string of the molecule is COc1ccc(OC)c(N[C@@H]2c3ncccc3C(=O)N2Cc2ccco2)c1. The smallest absolute Gasteiger partial charge is 0.258 e. The van der Waals surface area contributed by atoms with Crippen molar-refractivity contribution >= 4 is 11.6 Å². The van der Waals surface area contributed by atoms with Crippen molar-refractivity contribution in [1.82, 2.24) is 9.88 Å². The molecule has 1 aliphatic heterocycles. The van der Waals surface area contributed by atoms with Crippen LogP contribution in [-0.2, 0) is 6.54 Å². The molecular weight excluding hydrogens is 346 g/mol. The van der Waals surface area contributed by atoms with Gasteiger partial charge in [-0.2, -0.15) is 0 Å². The number of carbonyl (C=O) groups excluding carboxylic acids is 1. The van der Waals surface area contributed by atoms with Crippen LogP contribution in [-0.4, -0.2) is 30.0 Å². The number of methoxy groups -OCH3 is 2. The van der Waals surface area contributed by atoms with Crippen LogP contribution in [0, 0.1) is 0 Å². The summed E-state index contributed by atoms with van der Waals surface area (Å²) in [4.78, 5) is 19.1. The van der Waals surface area contributed by atoms with E-state index in [1.165, 1.54) is 0 Å². The minimum Gasteiger partial charge on any atom is -0.497 e. The lowest BCUT2D eigenvalue weighted by Crippen LogP contribution is -2.32. The number of ether oxygens (including phenoxy) is 2. The van der Waals surface area contributed by atoms with Gasteiger partial charge in [-0.3, -0.25) is 9.78 Å². The quantitative estimate of drug-likeness (QED) is 0.721. The Kier molecular flexibility index (Phi) is 4.42. The Morgan fingerprint density at radius 2 is 2.07 bits per heavy atom. The maximum Gasteiger partial charge on any atom is 0.258 e. The Bertz CT molecular complexity index is 956. The van der Waals surface area contributed by atoms with E-state index in [4.69, 9.17) is 13.9 Å². The van der Waals surface area contributed by atoms with E-state index in [-0.39, 0.29) is 5.91 Å². The molecule has 1 aromatic carbocycles. The number of rotatable bonds is 6. The molecule has 1 N–H and O–H groups in total. The van der Waals surface area contributed by atoms with Crippen molar-refractivity contribution in [3.63, 3.8) is 0 Å². The first kappa shape index (κ1) is 17.0. The van der Waals surface area contributed by atoms with E-state index in [1.54, 1.807) is 49.8 Å². The van der Waals surface area contributed by atoms with Gasteiger partial charge < -0.3 is 24.1 Å². The minimum atomic E-state index is -0.459. The molecule has 7 heteroatoms. The summed E-state index contributed by atoms with van der Waals surface area (Å²) < 4.78 is 16.2. The molecule has 0 saturated carbocycles. The molecule has 1 amide bonds. The maximum atomic E-state index is 12.9. The number of hydrogen-bond acceptors (Lipinski definition) is 6. The second-order valence-electron chi connectivity index (χ2n) is 6.06. The molecule has 1 aliphatic rings. The van der Waals surface area contributed by atoms with Crippen LogP contribution in [0.1, 0.15) is 28.0 Å². The van der Waals surface area contributed by atoms with Gasteiger partial charge in [-0.1, -0.05) is 0 Å². The summed E-state index contributed by atoms with van der Waals surface area (Å²) in [5, 5.41) is 3.38. The molecule has 1 atom stereocenters. The number of hydrogen-bond donors (Lipinski definition) is 1. The van der Waals surface area contributed by atoms with Gasteiger partial charge in [-0.25, -0.2) is 0 Å². The third-order valence-electron chi connectivity index (χ3n) is 4.51. The van der Waals surface area contributed by atoms with E-state index >= 15 is 0 Å². The van der Waals surface area contributed by atoms with Gasteiger partial charge in [0.25, 0.3) is 5.91 Å². The molecule has 2 aromatic heterocycles. The Morgan fingerprint density at radius 3 is 2.81 bits per heavy atom. The zero-order valence-electron chi connectivity index (χ0n) is 15.0. The predicted molar refractivity (Wildman–Crippen MR) is 98.7 cm³/mol. The van der Waals surface area contributed by atoms with E-state index in [0.29, 0.717) is 40.7 Å². The van der Waals surface area contributed by atoms with Crippen LogP contribution in [0.25, 0.3) is 0 Å². The first-order valence-electron chi connectivity index (χ1n) is 8.48. The Hall–Kier alpha value is -3.48. The molecule has 0 unspecified atom stereocenters. The number of benzene rings is 1. The zero-order valence-corrected chi connectivity index (χ0v) is 15.0. The highest BCUT2D eigenvalue weighted by atomic mass is 16.5. The first-order chi connectivity index (χ1) is 13.2.